The second-order valence-corrected chi connectivity index (χ2v) is 7.31. The molecule has 0 radical (unpaired) electrons. The highest BCUT2D eigenvalue weighted by Crippen LogP contribution is 2.24. The van der Waals surface area contributed by atoms with Crippen LogP contribution >= 0.6 is 0 Å². The fraction of sp³-hybridized carbons (Fsp3) is 0.550. The number of piperidine rings is 1. The molecule has 3 rings (SSSR count). The van der Waals surface area contributed by atoms with E-state index in [4.69, 9.17) is 4.74 Å². The minimum atomic E-state index is -0.589. The van der Waals surface area contributed by atoms with Crippen molar-refractivity contribution in [2.75, 3.05) is 20.2 Å². The molecule has 2 aliphatic rings. The van der Waals surface area contributed by atoms with Crippen molar-refractivity contribution in [2.24, 2.45) is 5.92 Å². The quantitative estimate of drug-likeness (QED) is 0.788. The summed E-state index contributed by atoms with van der Waals surface area (Å²) in [6, 6.07) is 6.45. The van der Waals surface area contributed by atoms with Gasteiger partial charge in [-0.25, -0.2) is 0 Å². The minimum absolute atomic E-state index is 0.0153. The normalized spacial score (nSPS) is 18.5. The molecule has 7 nitrogen and oxygen atoms in total. The molecule has 7 heteroatoms. The Bertz CT molecular complexity index is 692. The van der Waals surface area contributed by atoms with Gasteiger partial charge in [0.05, 0.1) is 7.11 Å². The van der Waals surface area contributed by atoms with Crippen molar-refractivity contribution in [3.8, 4) is 5.75 Å². The molecule has 27 heavy (non-hydrogen) atoms. The molecule has 1 aromatic rings. The maximum absolute atomic E-state index is 12.7. The van der Waals surface area contributed by atoms with E-state index in [1.165, 1.54) is 0 Å². The first-order chi connectivity index (χ1) is 13.0. The van der Waals surface area contributed by atoms with E-state index in [1.807, 2.05) is 0 Å². The van der Waals surface area contributed by atoms with Crippen LogP contribution in [0.15, 0.2) is 24.3 Å². The topological polar surface area (TPSA) is 87.7 Å². The summed E-state index contributed by atoms with van der Waals surface area (Å²) in [7, 11) is 1.57. The van der Waals surface area contributed by atoms with Crippen molar-refractivity contribution in [3.63, 3.8) is 0 Å². The fourth-order valence-corrected chi connectivity index (χ4v) is 3.43. The zero-order chi connectivity index (χ0) is 19.4. The monoisotopic (exact) mass is 373 g/mol. The molecule has 2 fully saturated rings. The van der Waals surface area contributed by atoms with Crippen LogP contribution in [0.4, 0.5) is 0 Å². The average Bonchev–Trinajstić information content (AvgIpc) is 3.50. The predicted octanol–water partition coefficient (Wildman–Crippen LogP) is 1.33. The van der Waals surface area contributed by atoms with Crippen LogP contribution in [0.5, 0.6) is 5.75 Å². The number of likely N-dealkylation sites (tertiary alicyclic amines) is 1. The SMILES string of the molecule is COc1ccc(C(=O)NC(C(=O)NC2CC2)C2CCN(C(C)=O)CC2)cc1. The first-order valence-electron chi connectivity index (χ1n) is 9.48. The molecule has 1 aliphatic heterocycles. The summed E-state index contributed by atoms with van der Waals surface area (Å²) in [6.07, 6.45) is 3.39. The van der Waals surface area contributed by atoms with Crippen molar-refractivity contribution in [1.29, 1.82) is 0 Å². The Morgan fingerprint density at radius 2 is 1.70 bits per heavy atom. The van der Waals surface area contributed by atoms with Crippen molar-refractivity contribution < 1.29 is 19.1 Å². The van der Waals surface area contributed by atoms with Gasteiger partial charge in [0.15, 0.2) is 0 Å². The van der Waals surface area contributed by atoms with E-state index >= 15 is 0 Å². The van der Waals surface area contributed by atoms with Gasteiger partial charge in [0.1, 0.15) is 11.8 Å². The Kier molecular flexibility index (Phi) is 5.98. The molecule has 1 aliphatic carbocycles. The number of nitrogens with zero attached hydrogens (tertiary/aromatic N) is 1. The van der Waals surface area contributed by atoms with Crippen LogP contribution in [0.2, 0.25) is 0 Å². The molecule has 1 unspecified atom stereocenters. The van der Waals surface area contributed by atoms with Gasteiger partial charge in [0.2, 0.25) is 11.8 Å². The van der Waals surface area contributed by atoms with Crippen molar-refractivity contribution in [1.82, 2.24) is 15.5 Å². The zero-order valence-corrected chi connectivity index (χ0v) is 15.9. The summed E-state index contributed by atoms with van der Waals surface area (Å²) < 4.78 is 5.12. The number of nitrogens with one attached hydrogen (secondary N) is 2. The second-order valence-electron chi connectivity index (χ2n) is 7.31. The van der Waals surface area contributed by atoms with Crippen LogP contribution in [-0.2, 0) is 9.59 Å². The molecule has 1 atom stereocenters. The lowest BCUT2D eigenvalue weighted by Crippen LogP contribution is -2.54. The van der Waals surface area contributed by atoms with Gasteiger partial charge in [-0.05, 0) is 55.9 Å². The van der Waals surface area contributed by atoms with Gasteiger partial charge in [-0.1, -0.05) is 0 Å². The molecular formula is C20H27N3O4. The largest absolute Gasteiger partial charge is 0.497 e. The van der Waals surface area contributed by atoms with E-state index in [0.717, 1.165) is 12.8 Å². The van der Waals surface area contributed by atoms with E-state index in [2.05, 4.69) is 10.6 Å². The first kappa shape index (κ1) is 19.2. The fourth-order valence-electron chi connectivity index (χ4n) is 3.43. The van der Waals surface area contributed by atoms with E-state index in [1.54, 1.807) is 43.2 Å². The van der Waals surface area contributed by atoms with Gasteiger partial charge in [0.25, 0.3) is 5.91 Å². The third-order valence-corrected chi connectivity index (χ3v) is 5.30. The molecule has 1 aromatic carbocycles. The number of carbonyl (C=O) groups excluding carboxylic acids is 3. The van der Waals surface area contributed by atoms with Crippen LogP contribution in [0.1, 0.15) is 43.0 Å². The summed E-state index contributed by atoms with van der Waals surface area (Å²) in [5.41, 5.74) is 0.487. The Morgan fingerprint density at radius 3 is 2.22 bits per heavy atom. The minimum Gasteiger partial charge on any atom is -0.497 e. The molecule has 3 amide bonds. The molecule has 0 spiro atoms. The van der Waals surface area contributed by atoms with Gasteiger partial charge >= 0.3 is 0 Å². The number of amides is 3. The Balaban J connectivity index is 1.68. The van der Waals surface area contributed by atoms with Gasteiger partial charge in [0, 0.05) is 31.6 Å². The average molecular weight is 373 g/mol. The summed E-state index contributed by atoms with van der Waals surface area (Å²) in [5, 5.41) is 5.93. The molecule has 0 aromatic heterocycles. The van der Waals surface area contributed by atoms with Gasteiger partial charge in [-0.2, -0.15) is 0 Å². The standard InChI is InChI=1S/C20H27N3O4/c1-13(24)23-11-9-14(10-12-23)18(20(26)21-16-5-6-16)22-19(25)15-3-7-17(27-2)8-4-15/h3-4,7-8,14,16,18H,5-6,9-12H2,1-2H3,(H,21,26)(H,22,25). The first-order valence-corrected chi connectivity index (χ1v) is 9.48. The summed E-state index contributed by atoms with van der Waals surface area (Å²) in [6.45, 7) is 2.79. The van der Waals surface area contributed by atoms with Crippen LogP contribution < -0.4 is 15.4 Å². The third-order valence-electron chi connectivity index (χ3n) is 5.30. The number of benzene rings is 1. The number of hydrogen-bond acceptors (Lipinski definition) is 4. The van der Waals surface area contributed by atoms with Crippen molar-refractivity contribution in [2.45, 2.75) is 44.7 Å². The Hall–Kier alpha value is -2.57. The lowest BCUT2D eigenvalue weighted by Gasteiger charge is -2.35. The predicted molar refractivity (Wildman–Crippen MR) is 100 cm³/mol. The van der Waals surface area contributed by atoms with Crippen LogP contribution in [0.25, 0.3) is 0 Å². The molecule has 1 saturated carbocycles. The maximum Gasteiger partial charge on any atom is 0.251 e. The summed E-state index contributed by atoms with van der Waals surface area (Å²) >= 11 is 0. The van der Waals surface area contributed by atoms with E-state index in [-0.39, 0.29) is 29.7 Å². The number of ether oxygens (including phenoxy) is 1. The molecule has 0 bridgehead atoms. The Morgan fingerprint density at radius 1 is 1.07 bits per heavy atom. The highest BCUT2D eigenvalue weighted by Gasteiger charge is 2.35. The molecular weight excluding hydrogens is 346 g/mol. The lowest BCUT2D eigenvalue weighted by molar-refractivity contribution is -0.130. The molecule has 1 saturated heterocycles. The van der Waals surface area contributed by atoms with E-state index in [0.29, 0.717) is 37.2 Å². The number of methoxy groups -OCH3 is 1. The maximum atomic E-state index is 12.7. The summed E-state index contributed by atoms with van der Waals surface area (Å²) in [5.74, 6) is 0.339. The summed E-state index contributed by atoms with van der Waals surface area (Å²) in [4.78, 5) is 38.8. The highest BCUT2D eigenvalue weighted by atomic mass is 16.5. The highest BCUT2D eigenvalue weighted by molar-refractivity contribution is 5.97. The van der Waals surface area contributed by atoms with Crippen molar-refractivity contribution >= 4 is 17.7 Å². The van der Waals surface area contributed by atoms with E-state index < -0.39 is 6.04 Å². The van der Waals surface area contributed by atoms with E-state index in [9.17, 15) is 14.4 Å². The number of rotatable bonds is 6. The smallest absolute Gasteiger partial charge is 0.251 e. The van der Waals surface area contributed by atoms with Crippen LogP contribution in [0, 0.1) is 5.92 Å². The zero-order valence-electron chi connectivity index (χ0n) is 15.9. The molecule has 2 N–H and O–H groups in total. The van der Waals surface area contributed by atoms with Crippen LogP contribution in [-0.4, -0.2) is 54.9 Å². The van der Waals surface area contributed by atoms with Gasteiger partial charge in [-0.3, -0.25) is 14.4 Å². The lowest BCUT2D eigenvalue weighted by atomic mass is 9.88. The molecule has 146 valence electrons. The van der Waals surface area contributed by atoms with Gasteiger partial charge < -0.3 is 20.3 Å². The molecule has 1 heterocycles. The third kappa shape index (κ3) is 4.99. The van der Waals surface area contributed by atoms with Crippen molar-refractivity contribution in [3.05, 3.63) is 29.8 Å². The van der Waals surface area contributed by atoms with Crippen LogP contribution in [0.3, 0.4) is 0 Å². The second kappa shape index (κ2) is 8.41. The number of carbonyl (C=O) groups is 3. The van der Waals surface area contributed by atoms with Gasteiger partial charge in [-0.15, -0.1) is 0 Å². The number of hydrogen-bond donors (Lipinski definition) is 2. The Labute approximate surface area is 159 Å².